The fraction of sp³-hybridized carbons (Fsp3) is 0.750. The summed E-state index contributed by atoms with van der Waals surface area (Å²) in [5.41, 5.74) is 0. The van der Waals surface area contributed by atoms with Crippen molar-refractivity contribution >= 4 is 40.4 Å². The van der Waals surface area contributed by atoms with E-state index in [4.69, 9.17) is 14.2 Å². The Bertz CT molecular complexity index is 416. The number of nitrogens with one attached hydrogen (secondary N) is 1. The minimum absolute atomic E-state index is 0.400. The molecule has 5 atom stereocenters. The molecule has 2 N–H and O–H groups in total. The molecule has 1 fully saturated rings. The number of aliphatic hydroxyl groups excluding tert-OH is 1. The third-order valence-corrected chi connectivity index (χ3v) is 3.66. The van der Waals surface area contributed by atoms with E-state index in [2.05, 4.69) is 5.32 Å². The molecule has 0 radical (unpaired) electrons. The van der Waals surface area contributed by atoms with Crippen molar-refractivity contribution in [2.45, 2.75) is 51.4 Å². The zero-order chi connectivity index (χ0) is 16.2. The van der Waals surface area contributed by atoms with E-state index in [9.17, 15) is 19.5 Å². The fourth-order valence-electron chi connectivity index (χ4n) is 2.10. The Balaban J connectivity index is 3.08. The van der Waals surface area contributed by atoms with Crippen LogP contribution >= 0.6 is 22.6 Å². The summed E-state index contributed by atoms with van der Waals surface area (Å²) in [6.45, 7) is 3.66. The highest BCUT2D eigenvalue weighted by Gasteiger charge is 2.49. The smallest absolute Gasteiger partial charge is 0.303 e. The van der Waals surface area contributed by atoms with E-state index >= 15 is 0 Å². The third-order valence-electron chi connectivity index (χ3n) is 2.79. The lowest BCUT2D eigenvalue weighted by Crippen LogP contribution is -2.65. The lowest BCUT2D eigenvalue weighted by Gasteiger charge is -2.43. The number of carbonyl (C=O) groups excluding carboxylic acids is 3. The molecule has 120 valence electrons. The number of hydrogen-bond acceptors (Lipinski definition) is 7. The Hall–Kier alpha value is -0.940. The van der Waals surface area contributed by atoms with Crippen LogP contribution in [0.4, 0.5) is 0 Å². The Morgan fingerprint density at radius 1 is 1.14 bits per heavy atom. The van der Waals surface area contributed by atoms with Crippen molar-refractivity contribution in [2.24, 2.45) is 0 Å². The van der Waals surface area contributed by atoms with Gasteiger partial charge in [-0.05, 0) is 0 Å². The molecule has 1 aliphatic rings. The monoisotopic (exact) mass is 415 g/mol. The van der Waals surface area contributed by atoms with Crippen LogP contribution in [-0.4, -0.2) is 58.0 Å². The maximum absolute atomic E-state index is 11.3. The molecule has 1 rings (SSSR count). The molecule has 8 nitrogen and oxygen atoms in total. The van der Waals surface area contributed by atoms with Crippen LogP contribution in [0.3, 0.4) is 0 Å². The average Bonchev–Trinajstić information content (AvgIpc) is 2.35. The molecule has 0 spiro atoms. The molecule has 0 aromatic carbocycles. The lowest BCUT2D eigenvalue weighted by atomic mass is 9.97. The lowest BCUT2D eigenvalue weighted by molar-refractivity contribution is -0.252. The molecule has 1 amide bonds. The van der Waals surface area contributed by atoms with Crippen molar-refractivity contribution in [2.75, 3.05) is 4.43 Å². The van der Waals surface area contributed by atoms with E-state index < -0.39 is 48.5 Å². The summed E-state index contributed by atoms with van der Waals surface area (Å²) >= 11 is 2.00. The Morgan fingerprint density at radius 3 is 2.10 bits per heavy atom. The number of ether oxygens (including phenoxy) is 3. The highest BCUT2D eigenvalue weighted by molar-refractivity contribution is 14.1. The number of alkyl halides is 1. The second-order valence-corrected chi connectivity index (χ2v) is 5.47. The maximum atomic E-state index is 11.3. The van der Waals surface area contributed by atoms with Crippen LogP contribution in [0.5, 0.6) is 0 Å². The van der Waals surface area contributed by atoms with Gasteiger partial charge in [-0.1, -0.05) is 22.6 Å². The van der Waals surface area contributed by atoms with Crippen LogP contribution in [0.25, 0.3) is 0 Å². The van der Waals surface area contributed by atoms with Crippen molar-refractivity contribution in [3.63, 3.8) is 0 Å². The largest absolute Gasteiger partial charge is 0.456 e. The van der Waals surface area contributed by atoms with Gasteiger partial charge in [-0.15, -0.1) is 0 Å². The van der Waals surface area contributed by atoms with Crippen LogP contribution in [0.1, 0.15) is 20.8 Å². The van der Waals surface area contributed by atoms with E-state index in [1.807, 2.05) is 22.6 Å². The molecule has 0 unspecified atom stereocenters. The number of aliphatic hydroxyl groups is 1. The van der Waals surface area contributed by atoms with Gasteiger partial charge in [0.25, 0.3) is 0 Å². The van der Waals surface area contributed by atoms with Gasteiger partial charge in [0.2, 0.25) is 5.91 Å². The Morgan fingerprint density at radius 2 is 1.67 bits per heavy atom. The Kier molecular flexibility index (Phi) is 6.81. The van der Waals surface area contributed by atoms with Gasteiger partial charge in [0.05, 0.1) is 0 Å². The van der Waals surface area contributed by atoms with Gasteiger partial charge < -0.3 is 24.6 Å². The molecule has 0 saturated carbocycles. The fourth-order valence-corrected chi connectivity index (χ4v) is 2.81. The van der Waals surface area contributed by atoms with Gasteiger partial charge in [-0.3, -0.25) is 14.4 Å². The van der Waals surface area contributed by atoms with E-state index in [0.29, 0.717) is 4.43 Å². The summed E-state index contributed by atoms with van der Waals surface area (Å²) in [6.07, 6.45) is -3.97. The number of esters is 2. The molecule has 1 aliphatic heterocycles. The summed E-state index contributed by atoms with van der Waals surface area (Å²) in [6, 6.07) is -1.02. The standard InChI is InChI=1S/C12H18INO7/c1-5(15)14-9-11(20-7(3)17)10(19-6(2)16)8(4-13)21-12(9)18/h8-12,18H,4H2,1-3H3,(H,14,15)/t8-,9-,10-,11-,12+/m1/s1. The normalized spacial score (nSPS) is 32.1. The van der Waals surface area contributed by atoms with Crippen molar-refractivity contribution in [3.8, 4) is 0 Å². The zero-order valence-corrected chi connectivity index (χ0v) is 14.0. The van der Waals surface area contributed by atoms with E-state index in [-0.39, 0.29) is 0 Å². The topological polar surface area (TPSA) is 111 Å². The summed E-state index contributed by atoms with van der Waals surface area (Å²) in [7, 11) is 0. The van der Waals surface area contributed by atoms with E-state index in [0.717, 1.165) is 0 Å². The minimum atomic E-state index is -1.37. The predicted molar refractivity (Wildman–Crippen MR) is 78.5 cm³/mol. The van der Waals surface area contributed by atoms with Crippen molar-refractivity contribution in [1.82, 2.24) is 5.32 Å². The summed E-state index contributed by atoms with van der Waals surface area (Å²) in [4.78, 5) is 33.8. The summed E-state index contributed by atoms with van der Waals surface area (Å²) in [5, 5.41) is 12.4. The molecule has 0 aromatic heterocycles. The first-order valence-corrected chi connectivity index (χ1v) is 7.79. The van der Waals surface area contributed by atoms with Crippen LogP contribution in [0.15, 0.2) is 0 Å². The highest BCUT2D eigenvalue weighted by Crippen LogP contribution is 2.26. The first-order chi connectivity index (χ1) is 9.76. The molecule has 1 heterocycles. The number of amides is 1. The molecule has 9 heteroatoms. The van der Waals surface area contributed by atoms with Gasteiger partial charge in [0, 0.05) is 25.2 Å². The number of halogens is 1. The number of rotatable bonds is 4. The molecular weight excluding hydrogens is 397 g/mol. The molecule has 1 saturated heterocycles. The van der Waals surface area contributed by atoms with Gasteiger partial charge in [0.15, 0.2) is 18.5 Å². The highest BCUT2D eigenvalue weighted by atomic mass is 127. The average molecular weight is 415 g/mol. The quantitative estimate of drug-likeness (QED) is 0.362. The maximum Gasteiger partial charge on any atom is 0.303 e. The molecule has 0 aromatic rings. The van der Waals surface area contributed by atoms with Crippen molar-refractivity contribution in [1.29, 1.82) is 0 Å². The van der Waals surface area contributed by atoms with Gasteiger partial charge in [-0.25, -0.2) is 0 Å². The SMILES string of the molecule is CC(=O)N[C@@H]1[C@@H](OC(C)=O)[C@H](OC(C)=O)[C@@H](CI)O[C@@H]1O. The van der Waals surface area contributed by atoms with Crippen LogP contribution in [-0.2, 0) is 28.6 Å². The molecular formula is C12H18INO7. The second-order valence-electron chi connectivity index (χ2n) is 4.59. The second kappa shape index (κ2) is 7.90. The first kappa shape index (κ1) is 18.1. The molecule has 0 aliphatic carbocycles. The van der Waals surface area contributed by atoms with E-state index in [1.54, 1.807) is 0 Å². The molecule has 0 bridgehead atoms. The molecule has 21 heavy (non-hydrogen) atoms. The van der Waals surface area contributed by atoms with Crippen LogP contribution in [0.2, 0.25) is 0 Å². The van der Waals surface area contributed by atoms with Gasteiger partial charge in [0.1, 0.15) is 12.1 Å². The van der Waals surface area contributed by atoms with E-state index in [1.165, 1.54) is 20.8 Å². The first-order valence-electron chi connectivity index (χ1n) is 6.27. The zero-order valence-electron chi connectivity index (χ0n) is 11.9. The van der Waals surface area contributed by atoms with Crippen LogP contribution < -0.4 is 5.32 Å². The van der Waals surface area contributed by atoms with Crippen molar-refractivity contribution < 1.29 is 33.7 Å². The summed E-state index contributed by atoms with van der Waals surface area (Å²) in [5.74, 6) is -1.63. The number of carbonyl (C=O) groups is 3. The van der Waals surface area contributed by atoms with Gasteiger partial charge in [-0.2, -0.15) is 0 Å². The summed E-state index contributed by atoms with van der Waals surface area (Å²) < 4.78 is 16.0. The van der Waals surface area contributed by atoms with Gasteiger partial charge >= 0.3 is 11.9 Å². The Labute approximate surface area is 135 Å². The predicted octanol–water partition coefficient (Wildman–Crippen LogP) is -0.493. The van der Waals surface area contributed by atoms with Crippen LogP contribution in [0, 0.1) is 0 Å². The third kappa shape index (κ3) is 5.08. The minimum Gasteiger partial charge on any atom is -0.456 e. The van der Waals surface area contributed by atoms with Crippen molar-refractivity contribution in [3.05, 3.63) is 0 Å². The number of hydrogen-bond donors (Lipinski definition) is 2.